The predicted octanol–water partition coefficient (Wildman–Crippen LogP) is 2.58. The Bertz CT molecular complexity index is 634. The van der Waals surface area contributed by atoms with Crippen LogP contribution in [0.4, 0.5) is 5.82 Å². The molecule has 2 aromatic rings. The lowest BCUT2D eigenvalue weighted by atomic mass is 9.99. The fourth-order valence-electron chi connectivity index (χ4n) is 2.13. The van der Waals surface area contributed by atoms with E-state index in [0.717, 1.165) is 11.1 Å². The van der Waals surface area contributed by atoms with Crippen molar-refractivity contribution >= 4 is 17.4 Å². The van der Waals surface area contributed by atoms with Gasteiger partial charge in [0.05, 0.1) is 19.2 Å². The van der Waals surface area contributed by atoms with Crippen LogP contribution in [0.3, 0.4) is 0 Å². The molecule has 0 aliphatic heterocycles. The lowest BCUT2D eigenvalue weighted by molar-refractivity contribution is 0.354. The second-order valence-corrected chi connectivity index (χ2v) is 5.00. The summed E-state index contributed by atoms with van der Waals surface area (Å²) in [7, 11) is 3.10. The van der Waals surface area contributed by atoms with Crippen LogP contribution in [0.25, 0.3) is 0 Å². The van der Waals surface area contributed by atoms with Gasteiger partial charge in [0.1, 0.15) is 5.82 Å². The van der Waals surface area contributed by atoms with Gasteiger partial charge >= 0.3 is 0 Å². The Hall–Kier alpha value is -1.98. The third kappa shape index (κ3) is 3.37. The van der Waals surface area contributed by atoms with Crippen LogP contribution in [0, 0.1) is 0 Å². The van der Waals surface area contributed by atoms with Gasteiger partial charge in [-0.15, -0.1) is 0 Å². The first-order valence-electron chi connectivity index (χ1n) is 6.43. The standard InChI is InChI=1S/C15H18ClN3O2/c1-20-13-8-10(6-11(16)14(13)21-2)12(17)7-9-4-3-5-19-15(9)18/h3-6,8,12H,7,17H2,1-2H3,(H2,18,19). The summed E-state index contributed by atoms with van der Waals surface area (Å²) in [5.74, 6) is 1.53. The third-order valence-electron chi connectivity index (χ3n) is 3.25. The fraction of sp³-hybridized carbons (Fsp3) is 0.267. The average Bonchev–Trinajstić information content (AvgIpc) is 2.48. The molecule has 0 fully saturated rings. The molecule has 0 radical (unpaired) electrons. The highest BCUT2D eigenvalue weighted by molar-refractivity contribution is 6.32. The van der Waals surface area contributed by atoms with Gasteiger partial charge in [0, 0.05) is 12.2 Å². The molecule has 2 rings (SSSR count). The number of nitrogen functional groups attached to an aromatic ring is 1. The fourth-order valence-corrected chi connectivity index (χ4v) is 2.43. The van der Waals surface area contributed by atoms with E-state index in [1.54, 1.807) is 26.5 Å². The van der Waals surface area contributed by atoms with Gasteiger partial charge in [-0.1, -0.05) is 17.7 Å². The molecule has 0 spiro atoms. The number of anilines is 1. The summed E-state index contributed by atoms with van der Waals surface area (Å²) in [6.45, 7) is 0. The van der Waals surface area contributed by atoms with Gasteiger partial charge in [0.25, 0.3) is 0 Å². The van der Waals surface area contributed by atoms with Crippen LogP contribution >= 0.6 is 11.6 Å². The van der Waals surface area contributed by atoms with E-state index >= 15 is 0 Å². The highest BCUT2D eigenvalue weighted by atomic mass is 35.5. The van der Waals surface area contributed by atoms with Crippen LogP contribution in [0.1, 0.15) is 17.2 Å². The number of pyridine rings is 1. The minimum Gasteiger partial charge on any atom is -0.493 e. The van der Waals surface area contributed by atoms with E-state index in [9.17, 15) is 0 Å². The van der Waals surface area contributed by atoms with Gasteiger partial charge in [-0.05, 0) is 35.7 Å². The van der Waals surface area contributed by atoms with Crippen molar-refractivity contribution in [3.63, 3.8) is 0 Å². The Kier molecular flexibility index (Phi) is 4.88. The lowest BCUT2D eigenvalue weighted by Gasteiger charge is -2.17. The van der Waals surface area contributed by atoms with Crippen LogP contribution in [-0.2, 0) is 6.42 Å². The van der Waals surface area contributed by atoms with E-state index in [-0.39, 0.29) is 6.04 Å². The number of ether oxygens (including phenoxy) is 2. The Morgan fingerprint density at radius 1 is 1.29 bits per heavy atom. The van der Waals surface area contributed by atoms with Crippen molar-refractivity contribution in [2.24, 2.45) is 5.73 Å². The first-order valence-corrected chi connectivity index (χ1v) is 6.81. The van der Waals surface area contributed by atoms with Gasteiger partial charge in [-0.3, -0.25) is 0 Å². The van der Waals surface area contributed by atoms with Crippen molar-refractivity contribution in [3.05, 3.63) is 46.6 Å². The zero-order chi connectivity index (χ0) is 15.4. The molecular weight excluding hydrogens is 290 g/mol. The molecule has 1 aromatic carbocycles. The maximum atomic E-state index is 6.24. The van der Waals surface area contributed by atoms with Gasteiger partial charge in [0.15, 0.2) is 11.5 Å². The highest BCUT2D eigenvalue weighted by Crippen LogP contribution is 2.37. The Morgan fingerprint density at radius 3 is 2.67 bits per heavy atom. The van der Waals surface area contributed by atoms with Crippen LogP contribution in [0.2, 0.25) is 5.02 Å². The number of rotatable bonds is 5. The predicted molar refractivity (Wildman–Crippen MR) is 83.8 cm³/mol. The maximum Gasteiger partial charge on any atom is 0.179 e. The second kappa shape index (κ2) is 6.65. The molecule has 1 unspecified atom stereocenters. The number of aromatic nitrogens is 1. The van der Waals surface area contributed by atoms with Crippen LogP contribution < -0.4 is 20.9 Å². The molecule has 0 amide bonds. The molecule has 6 heteroatoms. The zero-order valence-electron chi connectivity index (χ0n) is 12.0. The van der Waals surface area contributed by atoms with Crippen molar-refractivity contribution in [1.82, 2.24) is 4.98 Å². The summed E-state index contributed by atoms with van der Waals surface area (Å²) >= 11 is 6.19. The summed E-state index contributed by atoms with van der Waals surface area (Å²) in [6.07, 6.45) is 2.21. The first-order chi connectivity index (χ1) is 10.1. The number of hydrogen-bond donors (Lipinski definition) is 2. The number of methoxy groups -OCH3 is 2. The summed E-state index contributed by atoms with van der Waals surface area (Å²) in [5, 5.41) is 0.460. The Balaban J connectivity index is 2.29. The molecule has 0 saturated heterocycles. The smallest absolute Gasteiger partial charge is 0.179 e. The van der Waals surface area contributed by atoms with Gasteiger partial charge in [-0.25, -0.2) is 4.98 Å². The number of hydrogen-bond acceptors (Lipinski definition) is 5. The molecule has 0 aliphatic carbocycles. The molecule has 112 valence electrons. The van der Waals surface area contributed by atoms with E-state index in [1.165, 1.54) is 0 Å². The molecule has 0 aliphatic rings. The largest absolute Gasteiger partial charge is 0.493 e. The molecule has 0 bridgehead atoms. The molecule has 1 atom stereocenters. The molecule has 1 heterocycles. The summed E-state index contributed by atoms with van der Waals surface area (Å²) in [5.41, 5.74) is 13.8. The minimum absolute atomic E-state index is 0.270. The Labute approximate surface area is 128 Å². The molecule has 1 aromatic heterocycles. The summed E-state index contributed by atoms with van der Waals surface area (Å²) in [4.78, 5) is 4.06. The average molecular weight is 308 g/mol. The van der Waals surface area contributed by atoms with E-state index in [2.05, 4.69) is 4.98 Å². The normalized spacial score (nSPS) is 12.0. The van der Waals surface area contributed by atoms with E-state index < -0.39 is 0 Å². The maximum absolute atomic E-state index is 6.24. The van der Waals surface area contributed by atoms with Crippen molar-refractivity contribution in [2.75, 3.05) is 20.0 Å². The minimum atomic E-state index is -0.270. The Morgan fingerprint density at radius 2 is 2.05 bits per heavy atom. The number of halogens is 1. The van der Waals surface area contributed by atoms with Crippen molar-refractivity contribution in [1.29, 1.82) is 0 Å². The van der Waals surface area contributed by atoms with E-state index in [0.29, 0.717) is 28.8 Å². The quantitative estimate of drug-likeness (QED) is 0.887. The number of nitrogens with zero attached hydrogens (tertiary/aromatic N) is 1. The number of benzene rings is 1. The van der Waals surface area contributed by atoms with Gasteiger partial charge in [0.2, 0.25) is 0 Å². The lowest BCUT2D eigenvalue weighted by Crippen LogP contribution is -2.15. The van der Waals surface area contributed by atoms with Crippen molar-refractivity contribution < 1.29 is 9.47 Å². The van der Waals surface area contributed by atoms with E-state index in [1.807, 2.05) is 18.2 Å². The molecular formula is C15H18ClN3O2. The zero-order valence-corrected chi connectivity index (χ0v) is 12.7. The highest BCUT2D eigenvalue weighted by Gasteiger charge is 2.16. The van der Waals surface area contributed by atoms with Crippen molar-refractivity contribution in [2.45, 2.75) is 12.5 Å². The van der Waals surface area contributed by atoms with Crippen LogP contribution in [-0.4, -0.2) is 19.2 Å². The third-order valence-corrected chi connectivity index (χ3v) is 3.53. The topological polar surface area (TPSA) is 83.4 Å². The molecule has 5 nitrogen and oxygen atoms in total. The summed E-state index contributed by atoms with van der Waals surface area (Å²) < 4.78 is 10.5. The second-order valence-electron chi connectivity index (χ2n) is 4.60. The van der Waals surface area contributed by atoms with Gasteiger partial charge in [-0.2, -0.15) is 0 Å². The number of nitrogens with two attached hydrogens (primary N) is 2. The molecule has 21 heavy (non-hydrogen) atoms. The molecule has 4 N–H and O–H groups in total. The monoisotopic (exact) mass is 307 g/mol. The summed E-state index contributed by atoms with van der Waals surface area (Å²) in [6, 6.07) is 7.07. The molecule has 0 saturated carbocycles. The van der Waals surface area contributed by atoms with E-state index in [4.69, 9.17) is 32.5 Å². The van der Waals surface area contributed by atoms with Crippen LogP contribution in [0.5, 0.6) is 11.5 Å². The first kappa shape index (κ1) is 15.4. The SMILES string of the molecule is COc1cc(C(N)Cc2cccnc2N)cc(Cl)c1OC. The van der Waals surface area contributed by atoms with Gasteiger partial charge < -0.3 is 20.9 Å². The van der Waals surface area contributed by atoms with Crippen LogP contribution in [0.15, 0.2) is 30.5 Å². The van der Waals surface area contributed by atoms with Crippen molar-refractivity contribution in [3.8, 4) is 11.5 Å².